The summed E-state index contributed by atoms with van der Waals surface area (Å²) < 4.78 is 0. The second-order valence-electron chi connectivity index (χ2n) is 2.22. The summed E-state index contributed by atoms with van der Waals surface area (Å²) in [5.41, 5.74) is 3.93. The number of hydrogen-bond acceptors (Lipinski definition) is 3. The molecule has 62 valence electrons. The van der Waals surface area contributed by atoms with Crippen molar-refractivity contribution in [2.24, 2.45) is 4.99 Å². The van der Waals surface area contributed by atoms with Crippen LogP contribution in [0.4, 0.5) is 0 Å². The highest BCUT2D eigenvalue weighted by atomic mass is 16.5. The Kier molecular flexibility index (Phi) is 5.11. The van der Waals surface area contributed by atoms with Gasteiger partial charge in [-0.05, 0) is 31.6 Å². The smallest absolute Gasteiger partial charge is 0.0316 e. The molecule has 0 spiro atoms. The van der Waals surface area contributed by atoms with E-state index >= 15 is 0 Å². The maximum atomic E-state index is 8.21. The molecule has 0 aromatic heterocycles. The van der Waals surface area contributed by atoms with Gasteiger partial charge in [0, 0.05) is 19.0 Å². The average Bonchev–Trinajstić information content (AvgIpc) is 2.00. The molecule has 0 aliphatic carbocycles. The molecule has 0 atom stereocenters. The summed E-state index contributed by atoms with van der Waals surface area (Å²) in [4.78, 5) is 3.96. The van der Waals surface area contributed by atoms with E-state index in [1.165, 1.54) is 6.20 Å². The fourth-order valence-corrected chi connectivity index (χ4v) is 0.611. The third-order valence-corrected chi connectivity index (χ3v) is 1.21. The number of hydroxylamine groups is 1. The summed E-state index contributed by atoms with van der Waals surface area (Å²) in [5.74, 6) is 0. The number of nitrogens with one attached hydrogen (secondary N) is 1. The van der Waals surface area contributed by atoms with Crippen LogP contribution in [0.2, 0.25) is 0 Å². The molecule has 0 radical (unpaired) electrons. The molecule has 3 heteroatoms. The zero-order chi connectivity index (χ0) is 8.69. The van der Waals surface area contributed by atoms with Crippen LogP contribution >= 0.6 is 0 Å². The molecule has 0 fully saturated rings. The Balaban J connectivity index is 4.11. The van der Waals surface area contributed by atoms with E-state index in [9.17, 15) is 0 Å². The Hall–Kier alpha value is -1.09. The number of rotatable bonds is 3. The molecule has 0 unspecified atom stereocenters. The standard InChI is InChI=1S/C8H14N2O/c1-7(4-5-10-11)6-8(2)9-3/h4-6,10-11H,1-3H3. The molecule has 0 aromatic rings. The van der Waals surface area contributed by atoms with Gasteiger partial charge in [-0.1, -0.05) is 0 Å². The van der Waals surface area contributed by atoms with E-state index in [4.69, 9.17) is 5.21 Å². The topological polar surface area (TPSA) is 44.6 Å². The lowest BCUT2D eigenvalue weighted by Gasteiger charge is -1.91. The third-order valence-electron chi connectivity index (χ3n) is 1.21. The minimum Gasteiger partial charge on any atom is -0.293 e. The summed E-state index contributed by atoms with van der Waals surface area (Å²) in [5, 5.41) is 8.21. The maximum Gasteiger partial charge on any atom is 0.0316 e. The quantitative estimate of drug-likeness (QED) is 0.367. The van der Waals surface area contributed by atoms with Crippen molar-refractivity contribution in [3.05, 3.63) is 23.9 Å². The van der Waals surface area contributed by atoms with Crippen molar-refractivity contribution in [1.82, 2.24) is 5.48 Å². The lowest BCUT2D eigenvalue weighted by molar-refractivity contribution is 0.214. The van der Waals surface area contributed by atoms with Crippen LogP contribution in [-0.2, 0) is 0 Å². The summed E-state index contributed by atoms with van der Waals surface area (Å²) in [6, 6.07) is 0. The Morgan fingerprint density at radius 3 is 2.55 bits per heavy atom. The minimum absolute atomic E-state index is 0.963. The van der Waals surface area contributed by atoms with Gasteiger partial charge in [0.25, 0.3) is 0 Å². The van der Waals surface area contributed by atoms with Crippen molar-refractivity contribution < 1.29 is 5.21 Å². The first kappa shape index (κ1) is 9.91. The second kappa shape index (κ2) is 5.68. The van der Waals surface area contributed by atoms with Gasteiger partial charge in [0.05, 0.1) is 0 Å². The second-order valence-corrected chi connectivity index (χ2v) is 2.22. The van der Waals surface area contributed by atoms with Crippen LogP contribution in [0.5, 0.6) is 0 Å². The normalized spacial score (nSPS) is 14.2. The minimum atomic E-state index is 0.963. The van der Waals surface area contributed by atoms with E-state index in [1.807, 2.05) is 25.4 Å². The largest absolute Gasteiger partial charge is 0.293 e. The number of aliphatic imine (C=N–C) groups is 1. The van der Waals surface area contributed by atoms with E-state index < -0.39 is 0 Å². The van der Waals surface area contributed by atoms with Gasteiger partial charge in [0.2, 0.25) is 0 Å². The SMILES string of the molecule is CN=C(C)C=C(C)C=CNO. The van der Waals surface area contributed by atoms with Gasteiger partial charge < -0.3 is 0 Å². The summed E-state index contributed by atoms with van der Waals surface area (Å²) in [6.07, 6.45) is 5.14. The first-order chi connectivity index (χ1) is 5.20. The Morgan fingerprint density at radius 2 is 2.09 bits per heavy atom. The van der Waals surface area contributed by atoms with Gasteiger partial charge in [0.1, 0.15) is 0 Å². The van der Waals surface area contributed by atoms with E-state index in [0.29, 0.717) is 0 Å². The molecule has 0 aliphatic heterocycles. The first-order valence-corrected chi connectivity index (χ1v) is 3.38. The van der Waals surface area contributed by atoms with E-state index in [-0.39, 0.29) is 0 Å². The van der Waals surface area contributed by atoms with Crippen LogP contribution in [0.25, 0.3) is 0 Å². The van der Waals surface area contributed by atoms with Crippen LogP contribution in [-0.4, -0.2) is 18.0 Å². The van der Waals surface area contributed by atoms with Gasteiger partial charge in [-0.25, -0.2) is 0 Å². The van der Waals surface area contributed by atoms with E-state index in [1.54, 1.807) is 13.1 Å². The van der Waals surface area contributed by atoms with E-state index in [2.05, 4.69) is 4.99 Å². The number of nitrogens with zero attached hydrogens (tertiary/aromatic N) is 1. The zero-order valence-electron chi connectivity index (χ0n) is 7.13. The fourth-order valence-electron chi connectivity index (χ4n) is 0.611. The van der Waals surface area contributed by atoms with Gasteiger partial charge in [0.15, 0.2) is 0 Å². The molecule has 0 bridgehead atoms. The predicted octanol–water partition coefficient (Wildman–Crippen LogP) is 1.52. The van der Waals surface area contributed by atoms with Crippen LogP contribution in [0.3, 0.4) is 0 Å². The van der Waals surface area contributed by atoms with E-state index in [0.717, 1.165) is 11.3 Å². The van der Waals surface area contributed by atoms with Gasteiger partial charge in [-0.15, -0.1) is 0 Å². The molecule has 0 aliphatic rings. The Morgan fingerprint density at radius 1 is 1.45 bits per heavy atom. The van der Waals surface area contributed by atoms with Crippen LogP contribution in [0.1, 0.15) is 13.8 Å². The predicted molar refractivity (Wildman–Crippen MR) is 46.9 cm³/mol. The summed E-state index contributed by atoms with van der Waals surface area (Å²) in [6.45, 7) is 3.85. The Labute approximate surface area is 67.1 Å². The molecule has 0 aromatic carbocycles. The molecule has 0 heterocycles. The highest BCUT2D eigenvalue weighted by Gasteiger charge is 1.83. The highest BCUT2D eigenvalue weighted by molar-refractivity contribution is 5.93. The molecular formula is C8H14N2O. The number of allylic oxidation sites excluding steroid dienone is 3. The molecule has 2 N–H and O–H groups in total. The molecule has 11 heavy (non-hydrogen) atoms. The lowest BCUT2D eigenvalue weighted by atomic mass is 10.2. The maximum absolute atomic E-state index is 8.21. The van der Waals surface area contributed by atoms with Gasteiger partial charge in [-0.3, -0.25) is 15.7 Å². The molecule has 0 amide bonds. The summed E-state index contributed by atoms with van der Waals surface area (Å²) >= 11 is 0. The van der Waals surface area contributed by atoms with Crippen molar-refractivity contribution in [1.29, 1.82) is 0 Å². The number of hydrogen-bond donors (Lipinski definition) is 2. The van der Waals surface area contributed by atoms with Crippen LogP contribution in [0.15, 0.2) is 28.9 Å². The van der Waals surface area contributed by atoms with Crippen LogP contribution < -0.4 is 5.48 Å². The van der Waals surface area contributed by atoms with Gasteiger partial charge >= 0.3 is 0 Å². The van der Waals surface area contributed by atoms with Crippen molar-refractivity contribution in [2.75, 3.05) is 7.05 Å². The van der Waals surface area contributed by atoms with Crippen molar-refractivity contribution in [2.45, 2.75) is 13.8 Å². The van der Waals surface area contributed by atoms with Crippen molar-refractivity contribution in [3.8, 4) is 0 Å². The lowest BCUT2D eigenvalue weighted by Crippen LogP contribution is -1.93. The van der Waals surface area contributed by atoms with Crippen LogP contribution in [0, 0.1) is 0 Å². The van der Waals surface area contributed by atoms with Gasteiger partial charge in [-0.2, -0.15) is 0 Å². The average molecular weight is 154 g/mol. The molecule has 0 saturated heterocycles. The zero-order valence-corrected chi connectivity index (χ0v) is 7.13. The van der Waals surface area contributed by atoms with Crippen molar-refractivity contribution >= 4 is 5.71 Å². The molecule has 3 nitrogen and oxygen atoms in total. The Bertz CT molecular complexity index is 192. The third kappa shape index (κ3) is 5.36. The molecule has 0 saturated carbocycles. The molecule has 0 rings (SSSR count). The summed E-state index contributed by atoms with van der Waals surface area (Å²) in [7, 11) is 1.74. The first-order valence-electron chi connectivity index (χ1n) is 3.38. The van der Waals surface area contributed by atoms with Crippen molar-refractivity contribution in [3.63, 3.8) is 0 Å². The fraction of sp³-hybridized carbons (Fsp3) is 0.375. The highest BCUT2D eigenvalue weighted by Crippen LogP contribution is 1.94. The molecular weight excluding hydrogens is 140 g/mol. The monoisotopic (exact) mass is 154 g/mol.